The van der Waals surface area contributed by atoms with Gasteiger partial charge in [0.05, 0.1) is 11.3 Å². The molecule has 5 heteroatoms. The highest BCUT2D eigenvalue weighted by molar-refractivity contribution is 5.81. The lowest BCUT2D eigenvalue weighted by Crippen LogP contribution is -2.46. The molecule has 20 heavy (non-hydrogen) atoms. The first-order chi connectivity index (χ1) is 9.55. The van der Waals surface area contributed by atoms with E-state index in [-0.39, 0.29) is 24.4 Å². The maximum atomic E-state index is 12.3. The van der Waals surface area contributed by atoms with Crippen molar-refractivity contribution in [2.75, 3.05) is 6.54 Å². The zero-order chi connectivity index (χ0) is 14.6. The standard InChI is InChI=1S/C15H26N2O3/c16-12-7-3-1-2-6-11(12)13(18)17-10-15(14(19)20)8-4-5-9-15/h11-12H,1-10,16H2,(H,17,18)(H,19,20). The van der Waals surface area contributed by atoms with E-state index < -0.39 is 11.4 Å². The second-order valence-corrected chi connectivity index (χ2v) is 6.42. The van der Waals surface area contributed by atoms with Crippen LogP contribution in [0.15, 0.2) is 0 Å². The Labute approximate surface area is 120 Å². The SMILES string of the molecule is NC1CCCCCC1C(=O)NCC1(C(=O)O)CCCC1. The summed E-state index contributed by atoms with van der Waals surface area (Å²) >= 11 is 0. The van der Waals surface area contributed by atoms with Gasteiger partial charge in [0.2, 0.25) is 5.91 Å². The summed E-state index contributed by atoms with van der Waals surface area (Å²) in [6, 6.07) is -0.0816. The molecule has 0 radical (unpaired) electrons. The number of carboxylic acid groups (broad SMARTS) is 1. The lowest BCUT2D eigenvalue weighted by atomic mass is 9.85. The van der Waals surface area contributed by atoms with Crippen molar-refractivity contribution in [3.8, 4) is 0 Å². The van der Waals surface area contributed by atoms with Crippen LogP contribution >= 0.6 is 0 Å². The molecule has 0 aromatic heterocycles. The van der Waals surface area contributed by atoms with Gasteiger partial charge >= 0.3 is 5.97 Å². The molecule has 0 bridgehead atoms. The summed E-state index contributed by atoms with van der Waals surface area (Å²) in [6.07, 6.45) is 8.18. The Morgan fingerprint density at radius 3 is 2.40 bits per heavy atom. The predicted molar refractivity (Wildman–Crippen MR) is 76.1 cm³/mol. The number of carboxylic acids is 1. The van der Waals surface area contributed by atoms with E-state index in [1.165, 1.54) is 0 Å². The van der Waals surface area contributed by atoms with Crippen molar-refractivity contribution in [2.45, 2.75) is 63.8 Å². The van der Waals surface area contributed by atoms with E-state index in [0.717, 1.165) is 44.9 Å². The maximum Gasteiger partial charge on any atom is 0.311 e. The van der Waals surface area contributed by atoms with Crippen molar-refractivity contribution in [3.05, 3.63) is 0 Å². The fourth-order valence-corrected chi connectivity index (χ4v) is 3.57. The normalized spacial score (nSPS) is 29.6. The number of amides is 1. The molecule has 0 heterocycles. The van der Waals surface area contributed by atoms with Gasteiger partial charge in [-0.1, -0.05) is 32.1 Å². The first kappa shape index (κ1) is 15.3. The summed E-state index contributed by atoms with van der Waals surface area (Å²) in [4.78, 5) is 23.8. The number of hydrogen-bond donors (Lipinski definition) is 3. The molecule has 0 aliphatic heterocycles. The molecule has 2 aliphatic carbocycles. The minimum atomic E-state index is -0.777. The molecule has 0 saturated heterocycles. The summed E-state index contributed by atoms with van der Waals surface area (Å²) in [5, 5.41) is 12.3. The third kappa shape index (κ3) is 3.32. The van der Waals surface area contributed by atoms with Crippen molar-refractivity contribution in [3.63, 3.8) is 0 Å². The summed E-state index contributed by atoms with van der Waals surface area (Å²) in [6.45, 7) is 0.254. The van der Waals surface area contributed by atoms with Crippen LogP contribution in [0.1, 0.15) is 57.8 Å². The van der Waals surface area contributed by atoms with Crippen LogP contribution in [0, 0.1) is 11.3 Å². The first-order valence-corrected chi connectivity index (χ1v) is 7.82. The Hall–Kier alpha value is -1.10. The van der Waals surface area contributed by atoms with Gasteiger partial charge in [-0.3, -0.25) is 9.59 Å². The highest BCUT2D eigenvalue weighted by Gasteiger charge is 2.42. The van der Waals surface area contributed by atoms with Crippen molar-refractivity contribution >= 4 is 11.9 Å². The van der Waals surface area contributed by atoms with Crippen LogP contribution < -0.4 is 11.1 Å². The molecule has 0 aromatic carbocycles. The van der Waals surface area contributed by atoms with Gasteiger partial charge in [-0.05, 0) is 25.7 Å². The largest absolute Gasteiger partial charge is 0.481 e. The zero-order valence-electron chi connectivity index (χ0n) is 12.1. The van der Waals surface area contributed by atoms with Crippen molar-refractivity contribution in [2.24, 2.45) is 17.1 Å². The first-order valence-electron chi connectivity index (χ1n) is 7.82. The topological polar surface area (TPSA) is 92.4 Å². The predicted octanol–water partition coefficient (Wildman–Crippen LogP) is 1.66. The fourth-order valence-electron chi connectivity index (χ4n) is 3.57. The van der Waals surface area contributed by atoms with E-state index in [9.17, 15) is 14.7 Å². The molecule has 1 amide bonds. The number of hydrogen-bond acceptors (Lipinski definition) is 3. The van der Waals surface area contributed by atoms with Gasteiger partial charge in [0.25, 0.3) is 0 Å². The third-order valence-corrected chi connectivity index (χ3v) is 5.02. The van der Waals surface area contributed by atoms with Gasteiger partial charge in [0.1, 0.15) is 0 Å². The number of rotatable bonds is 4. The smallest absolute Gasteiger partial charge is 0.311 e. The second kappa shape index (κ2) is 6.57. The molecule has 2 atom stereocenters. The van der Waals surface area contributed by atoms with Crippen LogP contribution in [0.4, 0.5) is 0 Å². The number of nitrogens with two attached hydrogens (primary N) is 1. The molecule has 0 spiro atoms. The third-order valence-electron chi connectivity index (χ3n) is 5.02. The Balaban J connectivity index is 1.92. The quantitative estimate of drug-likeness (QED) is 0.684. The molecule has 2 aliphatic rings. The molecule has 2 rings (SSSR count). The minimum Gasteiger partial charge on any atom is -0.481 e. The van der Waals surface area contributed by atoms with E-state index in [1.54, 1.807) is 0 Å². The van der Waals surface area contributed by atoms with Crippen molar-refractivity contribution in [1.29, 1.82) is 0 Å². The monoisotopic (exact) mass is 282 g/mol. The number of aliphatic carboxylic acids is 1. The van der Waals surface area contributed by atoms with Gasteiger partial charge in [-0.2, -0.15) is 0 Å². The lowest BCUT2D eigenvalue weighted by molar-refractivity contribution is -0.148. The molecule has 4 N–H and O–H groups in total. The van der Waals surface area contributed by atoms with Crippen LogP contribution in [-0.4, -0.2) is 29.6 Å². The van der Waals surface area contributed by atoms with Crippen LogP contribution in [0.3, 0.4) is 0 Å². The van der Waals surface area contributed by atoms with Gasteiger partial charge in [-0.25, -0.2) is 0 Å². The highest BCUT2D eigenvalue weighted by Crippen LogP contribution is 2.37. The molecule has 2 unspecified atom stereocenters. The van der Waals surface area contributed by atoms with Crippen molar-refractivity contribution in [1.82, 2.24) is 5.32 Å². The van der Waals surface area contributed by atoms with E-state index in [1.807, 2.05) is 0 Å². The molecular formula is C15H26N2O3. The van der Waals surface area contributed by atoms with Gasteiger partial charge in [-0.15, -0.1) is 0 Å². The van der Waals surface area contributed by atoms with Crippen LogP contribution in [-0.2, 0) is 9.59 Å². The summed E-state index contributed by atoms with van der Waals surface area (Å²) in [5.74, 6) is -0.975. The van der Waals surface area contributed by atoms with Gasteiger partial charge < -0.3 is 16.2 Å². The van der Waals surface area contributed by atoms with Crippen molar-refractivity contribution < 1.29 is 14.7 Å². The minimum absolute atomic E-state index is 0.0491. The van der Waals surface area contributed by atoms with E-state index in [2.05, 4.69) is 5.32 Å². The van der Waals surface area contributed by atoms with Crippen LogP contribution in [0.2, 0.25) is 0 Å². The molecule has 5 nitrogen and oxygen atoms in total. The molecular weight excluding hydrogens is 256 g/mol. The van der Waals surface area contributed by atoms with Gasteiger partial charge in [0, 0.05) is 12.6 Å². The summed E-state index contributed by atoms with van der Waals surface area (Å²) in [5.41, 5.74) is 5.33. The van der Waals surface area contributed by atoms with Crippen LogP contribution in [0.5, 0.6) is 0 Å². The average Bonchev–Trinajstić information content (AvgIpc) is 2.80. The number of carbonyl (C=O) groups is 2. The number of carbonyl (C=O) groups excluding carboxylic acids is 1. The van der Waals surface area contributed by atoms with E-state index in [0.29, 0.717) is 12.8 Å². The Morgan fingerprint density at radius 1 is 1.10 bits per heavy atom. The molecule has 114 valence electrons. The average molecular weight is 282 g/mol. The lowest BCUT2D eigenvalue weighted by Gasteiger charge is -2.26. The Bertz CT molecular complexity index is 364. The van der Waals surface area contributed by atoms with E-state index in [4.69, 9.17) is 5.73 Å². The van der Waals surface area contributed by atoms with Crippen LogP contribution in [0.25, 0.3) is 0 Å². The van der Waals surface area contributed by atoms with Gasteiger partial charge in [0.15, 0.2) is 0 Å². The highest BCUT2D eigenvalue weighted by atomic mass is 16.4. The molecule has 0 aromatic rings. The summed E-state index contributed by atoms with van der Waals surface area (Å²) in [7, 11) is 0. The maximum absolute atomic E-state index is 12.3. The molecule has 2 saturated carbocycles. The Kier molecular flexibility index (Phi) is 5.02. The zero-order valence-corrected chi connectivity index (χ0v) is 12.1. The van der Waals surface area contributed by atoms with E-state index >= 15 is 0 Å². The number of nitrogens with one attached hydrogen (secondary N) is 1. The molecule has 2 fully saturated rings. The summed E-state index contributed by atoms with van der Waals surface area (Å²) < 4.78 is 0. The Morgan fingerprint density at radius 2 is 1.75 bits per heavy atom. The fraction of sp³-hybridized carbons (Fsp3) is 0.867. The second-order valence-electron chi connectivity index (χ2n) is 6.42.